The molecule has 2 aromatic heterocycles. The SMILES string of the molecule is CNC(Cc1ccn(C2CCCC2)n1)c1ccoc1C. The number of rotatable bonds is 5. The van der Waals surface area contributed by atoms with Crippen LogP contribution in [0, 0.1) is 6.92 Å². The van der Waals surface area contributed by atoms with Crippen molar-refractivity contribution in [1.29, 1.82) is 0 Å². The van der Waals surface area contributed by atoms with Crippen LogP contribution in [-0.4, -0.2) is 16.8 Å². The van der Waals surface area contributed by atoms with Gasteiger partial charge in [-0.1, -0.05) is 12.8 Å². The molecule has 1 aliphatic rings. The lowest BCUT2D eigenvalue weighted by Crippen LogP contribution is -2.19. The third-order valence-corrected chi connectivity index (χ3v) is 4.40. The first kappa shape index (κ1) is 13.4. The van der Waals surface area contributed by atoms with E-state index in [1.54, 1.807) is 6.26 Å². The highest BCUT2D eigenvalue weighted by molar-refractivity contribution is 5.22. The molecule has 1 N–H and O–H groups in total. The van der Waals surface area contributed by atoms with E-state index >= 15 is 0 Å². The van der Waals surface area contributed by atoms with Crippen LogP contribution in [0.4, 0.5) is 0 Å². The van der Waals surface area contributed by atoms with E-state index < -0.39 is 0 Å². The molecule has 0 spiro atoms. The van der Waals surface area contributed by atoms with Crippen molar-refractivity contribution in [1.82, 2.24) is 15.1 Å². The van der Waals surface area contributed by atoms with Crippen molar-refractivity contribution in [3.63, 3.8) is 0 Å². The molecule has 0 aliphatic heterocycles. The van der Waals surface area contributed by atoms with E-state index in [0.29, 0.717) is 6.04 Å². The van der Waals surface area contributed by atoms with Gasteiger partial charge in [0.05, 0.1) is 18.0 Å². The lowest BCUT2D eigenvalue weighted by molar-refractivity contribution is 0.458. The van der Waals surface area contributed by atoms with Crippen molar-refractivity contribution in [3.8, 4) is 0 Å². The molecule has 1 unspecified atom stereocenters. The molecule has 3 rings (SSSR count). The van der Waals surface area contributed by atoms with Gasteiger partial charge < -0.3 is 9.73 Å². The average molecular weight is 273 g/mol. The van der Waals surface area contributed by atoms with E-state index in [1.165, 1.54) is 31.2 Å². The monoisotopic (exact) mass is 273 g/mol. The van der Waals surface area contributed by atoms with Crippen LogP contribution < -0.4 is 5.32 Å². The van der Waals surface area contributed by atoms with E-state index in [4.69, 9.17) is 9.52 Å². The summed E-state index contributed by atoms with van der Waals surface area (Å²) in [4.78, 5) is 0. The van der Waals surface area contributed by atoms with Gasteiger partial charge in [0.25, 0.3) is 0 Å². The normalized spacial score (nSPS) is 17.7. The molecule has 0 amide bonds. The van der Waals surface area contributed by atoms with Crippen LogP contribution in [0.1, 0.15) is 54.8 Å². The van der Waals surface area contributed by atoms with Gasteiger partial charge in [-0.2, -0.15) is 5.10 Å². The molecule has 0 bridgehead atoms. The molecule has 108 valence electrons. The van der Waals surface area contributed by atoms with Crippen molar-refractivity contribution in [2.75, 3.05) is 7.05 Å². The first-order valence-electron chi connectivity index (χ1n) is 7.53. The highest BCUT2D eigenvalue weighted by atomic mass is 16.3. The first-order chi connectivity index (χ1) is 9.78. The van der Waals surface area contributed by atoms with Gasteiger partial charge >= 0.3 is 0 Å². The molecule has 0 radical (unpaired) electrons. The summed E-state index contributed by atoms with van der Waals surface area (Å²) < 4.78 is 7.57. The smallest absolute Gasteiger partial charge is 0.105 e. The lowest BCUT2D eigenvalue weighted by Gasteiger charge is -2.14. The Morgan fingerprint density at radius 2 is 2.20 bits per heavy atom. The van der Waals surface area contributed by atoms with Crippen molar-refractivity contribution in [2.24, 2.45) is 0 Å². The Bertz CT molecular complexity index is 552. The minimum absolute atomic E-state index is 0.265. The second-order valence-electron chi connectivity index (χ2n) is 5.70. The fourth-order valence-corrected chi connectivity index (χ4v) is 3.19. The molecule has 1 aliphatic carbocycles. The predicted octanol–water partition coefficient (Wildman–Crippen LogP) is 3.40. The number of aromatic nitrogens is 2. The fourth-order valence-electron chi connectivity index (χ4n) is 3.19. The van der Waals surface area contributed by atoms with E-state index in [0.717, 1.165) is 17.9 Å². The maximum atomic E-state index is 5.41. The van der Waals surface area contributed by atoms with Gasteiger partial charge in [-0.15, -0.1) is 0 Å². The van der Waals surface area contributed by atoms with Gasteiger partial charge in [0.15, 0.2) is 0 Å². The van der Waals surface area contributed by atoms with Crippen LogP contribution in [0.2, 0.25) is 0 Å². The van der Waals surface area contributed by atoms with Crippen molar-refractivity contribution >= 4 is 0 Å². The van der Waals surface area contributed by atoms with E-state index in [-0.39, 0.29) is 6.04 Å². The molecular formula is C16H23N3O. The van der Waals surface area contributed by atoms with Crippen LogP contribution in [0.5, 0.6) is 0 Å². The van der Waals surface area contributed by atoms with Crippen LogP contribution in [0.15, 0.2) is 29.0 Å². The zero-order chi connectivity index (χ0) is 13.9. The molecule has 20 heavy (non-hydrogen) atoms. The summed E-state index contributed by atoms with van der Waals surface area (Å²) in [6.07, 6.45) is 10.0. The quantitative estimate of drug-likeness (QED) is 0.908. The Labute approximate surface area is 120 Å². The summed E-state index contributed by atoms with van der Waals surface area (Å²) in [7, 11) is 1.99. The first-order valence-corrected chi connectivity index (χ1v) is 7.53. The number of furan rings is 1. The van der Waals surface area contributed by atoms with Crippen LogP contribution in [0.25, 0.3) is 0 Å². The Balaban J connectivity index is 1.71. The number of hydrogen-bond donors (Lipinski definition) is 1. The Hall–Kier alpha value is -1.55. The number of hydrogen-bond acceptors (Lipinski definition) is 3. The Morgan fingerprint density at radius 3 is 2.85 bits per heavy atom. The van der Waals surface area contributed by atoms with Crippen LogP contribution >= 0.6 is 0 Å². The Kier molecular flexibility index (Phi) is 3.92. The maximum Gasteiger partial charge on any atom is 0.105 e. The van der Waals surface area contributed by atoms with Gasteiger partial charge in [-0.25, -0.2) is 0 Å². The number of nitrogens with zero attached hydrogens (tertiary/aromatic N) is 2. The Morgan fingerprint density at radius 1 is 1.40 bits per heavy atom. The molecule has 1 fully saturated rings. The number of aryl methyl sites for hydroxylation is 1. The number of nitrogens with one attached hydrogen (secondary N) is 1. The average Bonchev–Trinajstić information content (AvgIpc) is 3.17. The second-order valence-corrected chi connectivity index (χ2v) is 5.70. The minimum Gasteiger partial charge on any atom is -0.469 e. The third-order valence-electron chi connectivity index (χ3n) is 4.40. The molecule has 2 heterocycles. The van der Waals surface area contributed by atoms with Crippen LogP contribution in [0.3, 0.4) is 0 Å². The zero-order valence-electron chi connectivity index (χ0n) is 12.3. The summed E-state index contributed by atoms with van der Waals surface area (Å²) in [6, 6.07) is 5.08. The van der Waals surface area contributed by atoms with E-state index in [2.05, 4.69) is 22.3 Å². The summed E-state index contributed by atoms with van der Waals surface area (Å²) in [6.45, 7) is 2.01. The molecule has 0 aromatic carbocycles. The van der Waals surface area contributed by atoms with Gasteiger partial charge in [-0.05, 0) is 38.9 Å². The van der Waals surface area contributed by atoms with E-state index in [9.17, 15) is 0 Å². The van der Waals surface area contributed by atoms with Gasteiger partial charge in [0.1, 0.15) is 5.76 Å². The van der Waals surface area contributed by atoms with Crippen molar-refractivity contribution < 1.29 is 4.42 Å². The second kappa shape index (κ2) is 5.83. The van der Waals surface area contributed by atoms with Crippen molar-refractivity contribution in [2.45, 2.75) is 51.1 Å². The van der Waals surface area contributed by atoms with Gasteiger partial charge in [0.2, 0.25) is 0 Å². The maximum absolute atomic E-state index is 5.41. The van der Waals surface area contributed by atoms with E-state index in [1.807, 2.05) is 20.0 Å². The van der Waals surface area contributed by atoms with Gasteiger partial charge in [-0.3, -0.25) is 4.68 Å². The molecule has 4 nitrogen and oxygen atoms in total. The molecular weight excluding hydrogens is 250 g/mol. The van der Waals surface area contributed by atoms with Crippen molar-refractivity contribution in [3.05, 3.63) is 41.6 Å². The largest absolute Gasteiger partial charge is 0.469 e. The minimum atomic E-state index is 0.265. The topological polar surface area (TPSA) is 43.0 Å². The molecule has 1 atom stereocenters. The molecule has 4 heteroatoms. The summed E-state index contributed by atoms with van der Waals surface area (Å²) in [5.41, 5.74) is 2.37. The molecule has 0 saturated heterocycles. The highest BCUT2D eigenvalue weighted by Gasteiger charge is 2.19. The third kappa shape index (κ3) is 2.66. The summed E-state index contributed by atoms with van der Waals surface area (Å²) in [5, 5.41) is 8.13. The number of likely N-dealkylation sites (N-methyl/N-ethyl adjacent to an activating group) is 1. The summed E-state index contributed by atoms with van der Waals surface area (Å²) in [5.74, 6) is 0.986. The fraction of sp³-hybridized carbons (Fsp3) is 0.562. The standard InChI is InChI=1S/C16H23N3O/c1-12-15(8-10-20-12)16(17-2)11-13-7-9-19(18-13)14-5-3-4-6-14/h7-10,14,16-17H,3-6,11H2,1-2H3. The highest BCUT2D eigenvalue weighted by Crippen LogP contribution is 2.29. The molecule has 1 saturated carbocycles. The summed E-state index contributed by atoms with van der Waals surface area (Å²) >= 11 is 0. The zero-order valence-corrected chi connectivity index (χ0v) is 12.3. The molecule has 2 aromatic rings. The predicted molar refractivity (Wildman–Crippen MR) is 78.7 cm³/mol. The van der Waals surface area contributed by atoms with Gasteiger partial charge in [0, 0.05) is 24.2 Å². The van der Waals surface area contributed by atoms with Crippen LogP contribution in [-0.2, 0) is 6.42 Å². The lowest BCUT2D eigenvalue weighted by atomic mass is 10.0.